The molecule has 0 saturated carbocycles. The minimum atomic E-state index is -3.43. The van der Waals surface area contributed by atoms with Crippen LogP contribution in [-0.2, 0) is 16.4 Å². The maximum atomic E-state index is 12.2. The molecule has 1 aromatic heterocycles. The van der Waals surface area contributed by atoms with Gasteiger partial charge in [0.05, 0.1) is 6.20 Å². The minimum absolute atomic E-state index is 0.00150. The van der Waals surface area contributed by atoms with Gasteiger partial charge in [0.25, 0.3) is 10.0 Å². The molecule has 17 heavy (non-hydrogen) atoms. The van der Waals surface area contributed by atoms with Crippen molar-refractivity contribution in [3.63, 3.8) is 0 Å². The van der Waals surface area contributed by atoms with E-state index in [1.54, 1.807) is 7.05 Å². The van der Waals surface area contributed by atoms with Gasteiger partial charge in [-0.3, -0.25) is 0 Å². The van der Waals surface area contributed by atoms with Gasteiger partial charge in [-0.2, -0.15) is 4.31 Å². The fourth-order valence-electron chi connectivity index (χ4n) is 1.65. The van der Waals surface area contributed by atoms with Crippen molar-refractivity contribution < 1.29 is 8.42 Å². The lowest BCUT2D eigenvalue weighted by Crippen LogP contribution is -2.35. The fraction of sp³-hybridized carbons (Fsp3) is 0.727. The highest BCUT2D eigenvalue weighted by molar-refractivity contribution is 7.89. The van der Waals surface area contributed by atoms with Gasteiger partial charge in [0.1, 0.15) is 5.82 Å². The zero-order valence-electron chi connectivity index (χ0n) is 10.9. The number of sulfonamides is 1. The standard InChI is InChI=1S/C11H21N3O2S/c1-5-7-9(3)14(4)17(15,16)11-8-12-10(6-2)13-11/h8-9H,5-7H2,1-4H3,(H,12,13). The van der Waals surface area contributed by atoms with Crippen LogP contribution in [0.2, 0.25) is 0 Å². The molecule has 0 fully saturated rings. The highest BCUT2D eigenvalue weighted by atomic mass is 32.2. The number of aromatic amines is 1. The molecular formula is C11H21N3O2S. The van der Waals surface area contributed by atoms with Crippen LogP contribution in [0.4, 0.5) is 0 Å². The van der Waals surface area contributed by atoms with Crippen LogP contribution in [-0.4, -0.2) is 35.8 Å². The van der Waals surface area contributed by atoms with Crippen molar-refractivity contribution in [2.45, 2.75) is 51.1 Å². The Labute approximate surface area is 103 Å². The van der Waals surface area contributed by atoms with Gasteiger partial charge < -0.3 is 4.98 Å². The average Bonchev–Trinajstić information content (AvgIpc) is 2.77. The molecule has 1 unspecified atom stereocenters. The quantitative estimate of drug-likeness (QED) is 0.847. The summed E-state index contributed by atoms with van der Waals surface area (Å²) < 4.78 is 25.9. The van der Waals surface area contributed by atoms with Gasteiger partial charge in [-0.25, -0.2) is 13.4 Å². The highest BCUT2D eigenvalue weighted by Crippen LogP contribution is 2.16. The Balaban J connectivity index is 2.94. The molecule has 98 valence electrons. The molecule has 5 nitrogen and oxygen atoms in total. The van der Waals surface area contributed by atoms with Gasteiger partial charge in [0.15, 0.2) is 5.03 Å². The summed E-state index contributed by atoms with van der Waals surface area (Å²) in [6.07, 6.45) is 3.90. The van der Waals surface area contributed by atoms with Gasteiger partial charge in [0, 0.05) is 19.5 Å². The molecular weight excluding hydrogens is 238 g/mol. The van der Waals surface area contributed by atoms with Crippen LogP contribution in [0.25, 0.3) is 0 Å². The third-order valence-electron chi connectivity index (χ3n) is 2.92. The van der Waals surface area contributed by atoms with Crippen molar-refractivity contribution in [3.8, 4) is 0 Å². The predicted molar refractivity (Wildman–Crippen MR) is 67.3 cm³/mol. The molecule has 0 bridgehead atoms. The topological polar surface area (TPSA) is 66.1 Å². The van der Waals surface area contributed by atoms with Crippen LogP contribution >= 0.6 is 0 Å². The molecule has 1 rings (SSSR count). The van der Waals surface area contributed by atoms with E-state index in [-0.39, 0.29) is 11.1 Å². The number of imidazole rings is 1. The molecule has 1 atom stereocenters. The van der Waals surface area contributed by atoms with Crippen molar-refractivity contribution in [3.05, 3.63) is 12.0 Å². The zero-order valence-corrected chi connectivity index (χ0v) is 11.7. The number of rotatable bonds is 6. The number of hydrogen-bond donors (Lipinski definition) is 1. The van der Waals surface area contributed by atoms with Crippen LogP contribution in [0.1, 0.15) is 39.4 Å². The molecule has 0 aliphatic heterocycles. The second-order valence-electron chi connectivity index (χ2n) is 4.21. The molecule has 0 aromatic carbocycles. The first kappa shape index (κ1) is 14.2. The lowest BCUT2D eigenvalue weighted by Gasteiger charge is -2.22. The van der Waals surface area contributed by atoms with Crippen molar-refractivity contribution in [2.75, 3.05) is 7.05 Å². The van der Waals surface area contributed by atoms with Crippen molar-refractivity contribution in [1.82, 2.24) is 14.3 Å². The second kappa shape index (κ2) is 5.64. The smallest absolute Gasteiger partial charge is 0.260 e. The Morgan fingerprint density at radius 1 is 1.47 bits per heavy atom. The van der Waals surface area contributed by atoms with E-state index in [2.05, 4.69) is 9.97 Å². The van der Waals surface area contributed by atoms with E-state index < -0.39 is 10.0 Å². The van der Waals surface area contributed by atoms with E-state index in [0.29, 0.717) is 12.2 Å². The fourth-order valence-corrected chi connectivity index (χ4v) is 2.97. The van der Waals surface area contributed by atoms with Gasteiger partial charge in [-0.05, 0) is 13.3 Å². The lowest BCUT2D eigenvalue weighted by atomic mass is 10.2. The van der Waals surface area contributed by atoms with E-state index >= 15 is 0 Å². The molecule has 0 aliphatic rings. The minimum Gasteiger partial charge on any atom is -0.332 e. The van der Waals surface area contributed by atoms with Crippen LogP contribution in [0.5, 0.6) is 0 Å². The second-order valence-corrected chi connectivity index (χ2v) is 6.17. The number of nitrogens with one attached hydrogen (secondary N) is 1. The first-order valence-corrected chi connectivity index (χ1v) is 7.39. The predicted octanol–water partition coefficient (Wildman–Crippen LogP) is 1.78. The highest BCUT2D eigenvalue weighted by Gasteiger charge is 2.26. The number of aryl methyl sites for hydroxylation is 1. The van der Waals surface area contributed by atoms with E-state index in [0.717, 1.165) is 12.8 Å². The molecule has 0 amide bonds. The number of hydrogen-bond acceptors (Lipinski definition) is 3. The SMILES string of the molecule is CCCC(C)N(C)S(=O)(=O)c1cnc(CC)[nH]1. The number of aromatic nitrogens is 2. The van der Waals surface area contributed by atoms with Crippen molar-refractivity contribution in [2.24, 2.45) is 0 Å². The zero-order chi connectivity index (χ0) is 13.1. The molecule has 1 heterocycles. The van der Waals surface area contributed by atoms with Crippen molar-refractivity contribution >= 4 is 10.0 Å². The third-order valence-corrected chi connectivity index (χ3v) is 4.81. The molecule has 0 spiro atoms. The number of nitrogens with zero attached hydrogens (tertiary/aromatic N) is 2. The largest absolute Gasteiger partial charge is 0.332 e. The summed E-state index contributed by atoms with van der Waals surface area (Å²) in [5, 5.41) is 0.180. The molecule has 0 saturated heterocycles. The first-order valence-electron chi connectivity index (χ1n) is 5.95. The van der Waals surface area contributed by atoms with Gasteiger partial charge in [-0.15, -0.1) is 0 Å². The molecule has 1 aromatic rings. The average molecular weight is 259 g/mol. The molecule has 1 N–H and O–H groups in total. The summed E-state index contributed by atoms with van der Waals surface area (Å²) >= 11 is 0. The van der Waals surface area contributed by atoms with Gasteiger partial charge >= 0.3 is 0 Å². The summed E-state index contributed by atoms with van der Waals surface area (Å²) in [5.74, 6) is 0.695. The maximum Gasteiger partial charge on any atom is 0.260 e. The Kier molecular flexibility index (Phi) is 4.70. The van der Waals surface area contributed by atoms with Crippen LogP contribution in [0.3, 0.4) is 0 Å². The summed E-state index contributed by atoms with van der Waals surface area (Å²) in [7, 11) is -1.82. The lowest BCUT2D eigenvalue weighted by molar-refractivity contribution is 0.367. The van der Waals surface area contributed by atoms with Crippen molar-refractivity contribution in [1.29, 1.82) is 0 Å². The van der Waals surface area contributed by atoms with E-state index in [9.17, 15) is 8.42 Å². The number of H-pyrrole nitrogens is 1. The monoisotopic (exact) mass is 259 g/mol. The Morgan fingerprint density at radius 2 is 2.12 bits per heavy atom. The third kappa shape index (κ3) is 3.07. The summed E-state index contributed by atoms with van der Waals surface area (Å²) in [6.45, 7) is 5.89. The van der Waals surface area contributed by atoms with Crippen LogP contribution < -0.4 is 0 Å². The summed E-state index contributed by atoms with van der Waals surface area (Å²) in [6, 6.07) is -0.00150. The van der Waals surface area contributed by atoms with Crippen LogP contribution in [0, 0.1) is 0 Å². The first-order chi connectivity index (χ1) is 7.93. The van der Waals surface area contributed by atoms with E-state index in [1.165, 1.54) is 10.5 Å². The summed E-state index contributed by atoms with van der Waals surface area (Å²) in [4.78, 5) is 6.87. The Hall–Kier alpha value is -0.880. The van der Waals surface area contributed by atoms with Crippen LogP contribution in [0.15, 0.2) is 11.2 Å². The molecule has 0 radical (unpaired) electrons. The Morgan fingerprint density at radius 3 is 2.59 bits per heavy atom. The van der Waals surface area contributed by atoms with Gasteiger partial charge in [-0.1, -0.05) is 20.3 Å². The summed E-state index contributed by atoms with van der Waals surface area (Å²) in [5.41, 5.74) is 0. The van der Waals surface area contributed by atoms with Gasteiger partial charge in [0.2, 0.25) is 0 Å². The molecule has 6 heteroatoms. The Bertz CT molecular complexity index is 453. The maximum absolute atomic E-state index is 12.2. The molecule has 0 aliphatic carbocycles. The van der Waals surface area contributed by atoms with E-state index in [1.807, 2.05) is 20.8 Å². The van der Waals surface area contributed by atoms with E-state index in [4.69, 9.17) is 0 Å². The normalized spacial score (nSPS) is 14.2.